The van der Waals surface area contributed by atoms with Gasteiger partial charge in [0, 0.05) is 11.8 Å². The maximum Gasteiger partial charge on any atom is 0.371 e. The van der Waals surface area contributed by atoms with Gasteiger partial charge in [-0.15, -0.1) is 0 Å². The van der Waals surface area contributed by atoms with Crippen molar-refractivity contribution in [2.75, 3.05) is 0 Å². The molecule has 0 radical (unpaired) electrons. The Bertz CT molecular complexity index is 624. The van der Waals surface area contributed by atoms with Crippen molar-refractivity contribution in [2.45, 2.75) is 12.8 Å². The molecule has 1 heterocycles. The Hall–Kier alpha value is -2.69. The monoisotopic (exact) mass is 270 g/mol. The van der Waals surface area contributed by atoms with Crippen molar-refractivity contribution in [3.8, 4) is 0 Å². The Kier molecular flexibility index (Phi) is 4.44. The van der Waals surface area contributed by atoms with Crippen LogP contribution in [0.5, 0.6) is 0 Å². The summed E-state index contributed by atoms with van der Waals surface area (Å²) in [7, 11) is 0. The Morgan fingerprint density at radius 2 is 1.85 bits per heavy atom. The van der Waals surface area contributed by atoms with Crippen molar-refractivity contribution in [1.29, 1.82) is 0 Å². The van der Waals surface area contributed by atoms with Gasteiger partial charge in [-0.3, -0.25) is 0 Å². The molecule has 0 amide bonds. The quantitative estimate of drug-likeness (QED) is 0.643. The van der Waals surface area contributed by atoms with E-state index >= 15 is 0 Å². The van der Waals surface area contributed by atoms with Crippen LogP contribution >= 0.6 is 0 Å². The zero-order chi connectivity index (χ0) is 14.4. The molecule has 2 rings (SSSR count). The maximum atomic E-state index is 10.5. The van der Waals surface area contributed by atoms with Crippen LogP contribution in [-0.4, -0.2) is 26.2 Å². The van der Waals surface area contributed by atoms with E-state index in [-0.39, 0.29) is 0 Å². The molecule has 20 heavy (non-hydrogen) atoms. The van der Waals surface area contributed by atoms with Gasteiger partial charge in [0.1, 0.15) is 6.33 Å². The van der Waals surface area contributed by atoms with Crippen LogP contribution in [0.15, 0.2) is 48.5 Å². The highest BCUT2D eigenvalue weighted by atomic mass is 16.4. The summed E-state index contributed by atoms with van der Waals surface area (Å²) in [4.78, 5) is 18.6. The molecule has 0 fully saturated rings. The average Bonchev–Trinajstić information content (AvgIpc) is 2.46. The number of aliphatic hydroxyl groups is 1. The average molecular weight is 270 g/mol. The van der Waals surface area contributed by atoms with E-state index in [2.05, 4.69) is 9.97 Å². The normalized spacial score (nSPS) is 11.3. The highest BCUT2D eigenvalue weighted by Crippen LogP contribution is 2.08. The minimum absolute atomic E-state index is 0.378. The lowest BCUT2D eigenvalue weighted by Crippen LogP contribution is -2.00. The first-order valence-electron chi connectivity index (χ1n) is 6.14. The lowest BCUT2D eigenvalue weighted by atomic mass is 10.1. The molecule has 0 saturated carbocycles. The molecule has 0 atom stereocenters. The number of hydrogen-bond donors (Lipinski definition) is 2. The number of aryl methyl sites for hydroxylation is 2. The number of rotatable bonds is 5. The smallest absolute Gasteiger partial charge is 0.371 e. The predicted molar refractivity (Wildman–Crippen MR) is 74.1 cm³/mol. The van der Waals surface area contributed by atoms with Crippen LogP contribution in [0.3, 0.4) is 0 Å². The van der Waals surface area contributed by atoms with Gasteiger partial charge in [0.2, 0.25) is 5.76 Å². The first-order chi connectivity index (χ1) is 9.65. The van der Waals surface area contributed by atoms with Crippen LogP contribution < -0.4 is 0 Å². The van der Waals surface area contributed by atoms with Crippen LogP contribution in [0.4, 0.5) is 0 Å². The van der Waals surface area contributed by atoms with Crippen molar-refractivity contribution >= 4 is 12.0 Å². The van der Waals surface area contributed by atoms with Gasteiger partial charge in [0.05, 0.1) is 5.69 Å². The summed E-state index contributed by atoms with van der Waals surface area (Å²) in [5, 5.41) is 17.8. The van der Waals surface area contributed by atoms with Gasteiger partial charge in [-0.2, -0.15) is 0 Å². The fourth-order valence-corrected chi connectivity index (χ4v) is 1.75. The third-order valence-corrected chi connectivity index (χ3v) is 2.76. The van der Waals surface area contributed by atoms with E-state index in [4.69, 9.17) is 5.11 Å². The predicted octanol–water partition coefficient (Wildman–Crippen LogP) is 2.25. The van der Waals surface area contributed by atoms with Crippen LogP contribution in [0, 0.1) is 0 Å². The van der Waals surface area contributed by atoms with Gasteiger partial charge in [-0.1, -0.05) is 30.3 Å². The second-order valence-electron chi connectivity index (χ2n) is 4.25. The fraction of sp³-hybridized carbons (Fsp3) is 0.133. The number of nitrogens with zero attached hydrogens (tertiary/aromatic N) is 2. The molecule has 0 aliphatic heterocycles. The lowest BCUT2D eigenvalue weighted by molar-refractivity contribution is -0.135. The second-order valence-corrected chi connectivity index (χ2v) is 4.25. The Balaban J connectivity index is 2.07. The number of carbonyl (C=O) groups is 1. The third-order valence-electron chi connectivity index (χ3n) is 2.76. The minimum Gasteiger partial charge on any atom is -0.502 e. The van der Waals surface area contributed by atoms with Crippen molar-refractivity contribution in [1.82, 2.24) is 9.97 Å². The van der Waals surface area contributed by atoms with Gasteiger partial charge >= 0.3 is 5.97 Å². The van der Waals surface area contributed by atoms with Gasteiger partial charge in [0.15, 0.2) is 0 Å². The molecule has 0 aliphatic carbocycles. The van der Waals surface area contributed by atoms with Gasteiger partial charge < -0.3 is 10.2 Å². The standard InChI is InChI=1S/C15H14N2O3/c18-14(15(19)20)9-13-8-12(16-10-17-13)7-6-11-4-2-1-3-5-11/h1-5,8-10,18H,6-7H2,(H,19,20)/b14-9-. The SMILES string of the molecule is O=C(O)/C(O)=C/c1cc(CCc2ccccc2)ncn1. The Morgan fingerprint density at radius 3 is 2.55 bits per heavy atom. The van der Waals surface area contributed by atoms with E-state index in [1.54, 1.807) is 6.07 Å². The minimum atomic E-state index is -1.38. The molecule has 0 unspecified atom stereocenters. The van der Waals surface area contributed by atoms with E-state index in [9.17, 15) is 9.90 Å². The van der Waals surface area contributed by atoms with Gasteiger partial charge in [-0.05, 0) is 24.5 Å². The molecule has 0 aliphatic rings. The number of carboxylic acids is 1. The fourth-order valence-electron chi connectivity index (χ4n) is 1.75. The molecular weight excluding hydrogens is 256 g/mol. The molecule has 5 nitrogen and oxygen atoms in total. The summed E-state index contributed by atoms with van der Waals surface area (Å²) >= 11 is 0. The van der Waals surface area contributed by atoms with E-state index in [0.29, 0.717) is 5.69 Å². The van der Waals surface area contributed by atoms with Crippen molar-refractivity contribution in [3.63, 3.8) is 0 Å². The van der Waals surface area contributed by atoms with Crippen LogP contribution in [0.1, 0.15) is 17.0 Å². The zero-order valence-electron chi connectivity index (χ0n) is 10.7. The number of aliphatic carboxylic acids is 1. The Morgan fingerprint density at radius 1 is 1.10 bits per heavy atom. The zero-order valence-corrected chi connectivity index (χ0v) is 10.7. The summed E-state index contributed by atoms with van der Waals surface area (Å²) in [6.07, 6.45) is 4.03. The van der Waals surface area contributed by atoms with Crippen molar-refractivity contribution in [3.05, 3.63) is 65.4 Å². The molecular formula is C15H14N2O3. The number of aliphatic hydroxyl groups excluding tert-OH is 1. The van der Waals surface area contributed by atoms with E-state index < -0.39 is 11.7 Å². The molecule has 2 aromatic rings. The summed E-state index contributed by atoms with van der Waals surface area (Å²) in [5.41, 5.74) is 2.38. The molecule has 102 valence electrons. The summed E-state index contributed by atoms with van der Waals surface area (Å²) in [6.45, 7) is 0. The largest absolute Gasteiger partial charge is 0.502 e. The van der Waals surface area contributed by atoms with Crippen molar-refractivity contribution in [2.24, 2.45) is 0 Å². The summed E-state index contributed by atoms with van der Waals surface area (Å²) in [6, 6.07) is 11.7. The van der Waals surface area contributed by atoms with Crippen LogP contribution in [0.2, 0.25) is 0 Å². The maximum absolute atomic E-state index is 10.5. The topological polar surface area (TPSA) is 83.3 Å². The summed E-state index contributed by atoms with van der Waals surface area (Å²) < 4.78 is 0. The molecule has 5 heteroatoms. The van der Waals surface area contributed by atoms with E-state index in [1.807, 2.05) is 30.3 Å². The van der Waals surface area contributed by atoms with Gasteiger partial charge in [-0.25, -0.2) is 14.8 Å². The number of aromatic nitrogens is 2. The molecule has 0 saturated heterocycles. The second kappa shape index (κ2) is 6.47. The van der Waals surface area contributed by atoms with Crippen LogP contribution in [0.25, 0.3) is 6.08 Å². The molecule has 1 aromatic carbocycles. The Labute approximate surface area is 116 Å². The van der Waals surface area contributed by atoms with E-state index in [1.165, 1.54) is 11.9 Å². The number of benzene rings is 1. The molecule has 1 aromatic heterocycles. The third kappa shape index (κ3) is 3.91. The number of hydrogen-bond acceptors (Lipinski definition) is 4. The molecule has 0 bridgehead atoms. The van der Waals surface area contributed by atoms with Gasteiger partial charge in [0.25, 0.3) is 0 Å². The molecule has 2 N–H and O–H groups in total. The number of carboxylic acid groups (broad SMARTS) is 1. The molecule has 0 spiro atoms. The van der Waals surface area contributed by atoms with Crippen LogP contribution in [-0.2, 0) is 17.6 Å². The lowest BCUT2D eigenvalue weighted by Gasteiger charge is -2.02. The highest BCUT2D eigenvalue weighted by molar-refractivity contribution is 5.88. The summed E-state index contributed by atoms with van der Waals surface area (Å²) in [5.74, 6) is -2.12. The highest BCUT2D eigenvalue weighted by Gasteiger charge is 2.05. The first-order valence-corrected chi connectivity index (χ1v) is 6.14. The van der Waals surface area contributed by atoms with E-state index in [0.717, 1.165) is 24.6 Å². The first kappa shape index (κ1) is 13.7. The van der Waals surface area contributed by atoms with Crippen molar-refractivity contribution < 1.29 is 15.0 Å².